The number of rotatable bonds is 4. The van der Waals surface area contributed by atoms with Crippen molar-refractivity contribution in [1.82, 2.24) is 0 Å². The summed E-state index contributed by atoms with van der Waals surface area (Å²) < 4.78 is 0. The molecule has 3 atom stereocenters. The summed E-state index contributed by atoms with van der Waals surface area (Å²) in [6.07, 6.45) is 2.13. The van der Waals surface area contributed by atoms with Gasteiger partial charge in [0.1, 0.15) is 0 Å². The number of carboxylic acids is 1. The highest BCUT2D eigenvalue weighted by Gasteiger charge is 2.42. The van der Waals surface area contributed by atoms with E-state index in [1.807, 2.05) is 6.92 Å². The summed E-state index contributed by atoms with van der Waals surface area (Å²) in [5.41, 5.74) is 0.603. The molecule has 1 saturated carbocycles. The number of hydrogen-bond donors (Lipinski definition) is 2. The van der Waals surface area contributed by atoms with Crippen LogP contribution in [0.3, 0.4) is 0 Å². The Morgan fingerprint density at radius 3 is 2.65 bits per heavy atom. The van der Waals surface area contributed by atoms with Gasteiger partial charge in [-0.3, -0.25) is 9.59 Å². The molecule has 0 bridgehead atoms. The molecule has 5 heteroatoms. The minimum Gasteiger partial charge on any atom is -0.481 e. The van der Waals surface area contributed by atoms with Crippen LogP contribution in [-0.4, -0.2) is 17.0 Å². The fraction of sp³-hybridized carbons (Fsp3) is 0.467. The predicted octanol–water partition coefficient (Wildman–Crippen LogP) is 3.42. The van der Waals surface area contributed by atoms with E-state index in [0.717, 1.165) is 6.42 Å². The van der Waals surface area contributed by atoms with E-state index < -0.39 is 17.8 Å². The van der Waals surface area contributed by atoms with Crippen LogP contribution in [0.25, 0.3) is 0 Å². The molecule has 2 N–H and O–H groups in total. The van der Waals surface area contributed by atoms with E-state index in [1.54, 1.807) is 24.3 Å². The molecule has 20 heavy (non-hydrogen) atoms. The van der Waals surface area contributed by atoms with Gasteiger partial charge < -0.3 is 10.4 Å². The summed E-state index contributed by atoms with van der Waals surface area (Å²) in [7, 11) is 0. The minimum atomic E-state index is -0.882. The molecule has 0 saturated heterocycles. The molecule has 0 radical (unpaired) electrons. The molecule has 1 unspecified atom stereocenters. The first kappa shape index (κ1) is 14.9. The standard InChI is InChI=1S/C15H18ClNO3/c1-2-9-6-12(13(7-9)15(19)20)14(18)17-11-5-3-4-10(16)8-11/h3-5,8-9,12-13H,2,6-7H2,1H3,(H,17,18)(H,19,20)/t9?,12-,13+/m0/s1. The summed E-state index contributed by atoms with van der Waals surface area (Å²) in [4.78, 5) is 23.6. The Hall–Kier alpha value is -1.55. The Balaban J connectivity index is 2.09. The van der Waals surface area contributed by atoms with Crippen molar-refractivity contribution in [3.8, 4) is 0 Å². The highest BCUT2D eigenvalue weighted by Crippen LogP contribution is 2.39. The second-order valence-electron chi connectivity index (χ2n) is 5.30. The van der Waals surface area contributed by atoms with Gasteiger partial charge in [0.2, 0.25) is 5.91 Å². The zero-order chi connectivity index (χ0) is 14.7. The normalized spacial score (nSPS) is 25.4. The highest BCUT2D eigenvalue weighted by molar-refractivity contribution is 6.30. The zero-order valence-electron chi connectivity index (χ0n) is 11.3. The van der Waals surface area contributed by atoms with Crippen molar-refractivity contribution in [2.75, 3.05) is 5.32 Å². The van der Waals surface area contributed by atoms with Crippen molar-refractivity contribution in [2.24, 2.45) is 17.8 Å². The maximum atomic E-state index is 12.3. The zero-order valence-corrected chi connectivity index (χ0v) is 12.1. The van der Waals surface area contributed by atoms with Gasteiger partial charge >= 0.3 is 5.97 Å². The molecule has 108 valence electrons. The number of amides is 1. The van der Waals surface area contributed by atoms with Gasteiger partial charge in [0, 0.05) is 10.7 Å². The molecule has 1 aromatic rings. The number of anilines is 1. The van der Waals surface area contributed by atoms with Crippen LogP contribution >= 0.6 is 11.6 Å². The van der Waals surface area contributed by atoms with E-state index in [1.165, 1.54) is 0 Å². The minimum absolute atomic E-state index is 0.226. The summed E-state index contributed by atoms with van der Waals surface area (Å²) >= 11 is 5.87. The van der Waals surface area contributed by atoms with Crippen LogP contribution in [0, 0.1) is 17.8 Å². The second kappa shape index (κ2) is 6.27. The average molecular weight is 296 g/mol. The van der Waals surface area contributed by atoms with Crippen LogP contribution in [0.1, 0.15) is 26.2 Å². The Morgan fingerprint density at radius 1 is 1.35 bits per heavy atom. The van der Waals surface area contributed by atoms with Gasteiger partial charge in [-0.15, -0.1) is 0 Å². The topological polar surface area (TPSA) is 66.4 Å². The molecule has 0 aliphatic heterocycles. The summed E-state index contributed by atoms with van der Waals surface area (Å²) in [6.45, 7) is 2.03. The van der Waals surface area contributed by atoms with Crippen LogP contribution < -0.4 is 5.32 Å². The molecule has 1 aliphatic carbocycles. The lowest BCUT2D eigenvalue weighted by Gasteiger charge is -2.15. The van der Waals surface area contributed by atoms with E-state index in [0.29, 0.717) is 29.5 Å². The average Bonchev–Trinajstić information content (AvgIpc) is 2.83. The van der Waals surface area contributed by atoms with Crippen molar-refractivity contribution in [1.29, 1.82) is 0 Å². The molecular formula is C15H18ClNO3. The van der Waals surface area contributed by atoms with E-state index in [4.69, 9.17) is 11.6 Å². The number of halogens is 1. The first-order valence-electron chi connectivity index (χ1n) is 6.80. The van der Waals surface area contributed by atoms with E-state index in [9.17, 15) is 14.7 Å². The Labute approximate surface area is 123 Å². The van der Waals surface area contributed by atoms with Gasteiger partial charge in [0.15, 0.2) is 0 Å². The molecule has 2 rings (SSSR count). The fourth-order valence-corrected chi connectivity index (χ4v) is 3.03. The van der Waals surface area contributed by atoms with Crippen molar-refractivity contribution < 1.29 is 14.7 Å². The largest absolute Gasteiger partial charge is 0.481 e. The molecule has 0 spiro atoms. The van der Waals surface area contributed by atoms with E-state index in [2.05, 4.69) is 5.32 Å². The summed E-state index contributed by atoms with van der Waals surface area (Å²) in [5, 5.41) is 12.6. The third kappa shape index (κ3) is 3.31. The third-order valence-corrected chi connectivity index (χ3v) is 4.22. The van der Waals surface area contributed by atoms with Crippen molar-refractivity contribution in [3.05, 3.63) is 29.3 Å². The van der Waals surface area contributed by atoms with Crippen LogP contribution in [-0.2, 0) is 9.59 Å². The molecule has 4 nitrogen and oxygen atoms in total. The Kier molecular flexibility index (Phi) is 4.65. The van der Waals surface area contributed by atoms with Crippen LogP contribution in [0.2, 0.25) is 5.02 Å². The first-order chi connectivity index (χ1) is 9.51. The quantitative estimate of drug-likeness (QED) is 0.894. The Bertz CT molecular complexity index is 518. The number of carbonyl (C=O) groups excluding carboxylic acids is 1. The van der Waals surface area contributed by atoms with Crippen LogP contribution in [0.4, 0.5) is 5.69 Å². The van der Waals surface area contributed by atoms with Gasteiger partial charge in [-0.2, -0.15) is 0 Å². The SMILES string of the molecule is CCC1C[C@H](C(=O)Nc2cccc(Cl)c2)[C@H](C(=O)O)C1. The molecule has 1 aliphatic rings. The smallest absolute Gasteiger partial charge is 0.307 e. The number of aliphatic carboxylic acids is 1. The molecule has 0 aromatic heterocycles. The maximum Gasteiger partial charge on any atom is 0.307 e. The van der Waals surface area contributed by atoms with Crippen molar-refractivity contribution in [2.45, 2.75) is 26.2 Å². The number of carboxylic acid groups (broad SMARTS) is 1. The lowest BCUT2D eigenvalue weighted by Crippen LogP contribution is -2.29. The van der Waals surface area contributed by atoms with Crippen molar-refractivity contribution in [3.63, 3.8) is 0 Å². The van der Waals surface area contributed by atoms with Gasteiger partial charge in [0.05, 0.1) is 11.8 Å². The van der Waals surface area contributed by atoms with Crippen molar-refractivity contribution >= 4 is 29.2 Å². The van der Waals surface area contributed by atoms with Gasteiger partial charge in [-0.1, -0.05) is 31.0 Å². The monoisotopic (exact) mass is 295 g/mol. The summed E-state index contributed by atoms with van der Waals surface area (Å²) in [5.74, 6) is -1.84. The Morgan fingerprint density at radius 2 is 2.05 bits per heavy atom. The van der Waals surface area contributed by atoms with Crippen LogP contribution in [0.5, 0.6) is 0 Å². The summed E-state index contributed by atoms with van der Waals surface area (Å²) in [6, 6.07) is 6.86. The molecule has 1 aromatic carbocycles. The highest BCUT2D eigenvalue weighted by atomic mass is 35.5. The van der Waals surface area contributed by atoms with E-state index >= 15 is 0 Å². The van der Waals surface area contributed by atoms with E-state index in [-0.39, 0.29) is 5.91 Å². The predicted molar refractivity (Wildman–Crippen MR) is 77.7 cm³/mol. The number of carbonyl (C=O) groups is 2. The van der Waals surface area contributed by atoms with Gasteiger partial charge in [-0.25, -0.2) is 0 Å². The fourth-order valence-electron chi connectivity index (χ4n) is 2.84. The van der Waals surface area contributed by atoms with Crippen LogP contribution in [0.15, 0.2) is 24.3 Å². The van der Waals surface area contributed by atoms with Gasteiger partial charge in [0.25, 0.3) is 0 Å². The lowest BCUT2D eigenvalue weighted by atomic mass is 9.95. The number of nitrogens with one attached hydrogen (secondary N) is 1. The molecule has 1 amide bonds. The molecule has 1 fully saturated rings. The number of benzene rings is 1. The lowest BCUT2D eigenvalue weighted by molar-refractivity contribution is -0.145. The maximum absolute atomic E-state index is 12.3. The van der Waals surface area contributed by atoms with Gasteiger partial charge in [-0.05, 0) is 37.0 Å². The first-order valence-corrected chi connectivity index (χ1v) is 7.18. The molecular weight excluding hydrogens is 278 g/mol. The second-order valence-corrected chi connectivity index (χ2v) is 5.73. The molecule has 0 heterocycles. The number of hydrogen-bond acceptors (Lipinski definition) is 2. The third-order valence-electron chi connectivity index (χ3n) is 3.98.